The van der Waals surface area contributed by atoms with E-state index in [2.05, 4.69) is 0 Å². The van der Waals surface area contributed by atoms with Crippen molar-refractivity contribution in [3.05, 3.63) is 0 Å². The molecule has 0 amide bonds. The van der Waals surface area contributed by atoms with Gasteiger partial charge in [0.05, 0.1) is 18.6 Å². The zero-order valence-corrected chi connectivity index (χ0v) is 12.0. The molecule has 1 unspecified atom stereocenters. The quantitative estimate of drug-likeness (QED) is 0.749. The maximum Gasteiger partial charge on any atom is 0.260 e. The molecular weight excluding hydrogens is 252 g/mol. The molecule has 0 N–H and O–H groups in total. The predicted octanol–water partition coefficient (Wildman–Crippen LogP) is 1.84. The van der Waals surface area contributed by atoms with Gasteiger partial charge in [0.25, 0.3) is 5.41 Å². The summed E-state index contributed by atoms with van der Waals surface area (Å²) in [5.41, 5.74) is -4.01. The van der Waals surface area contributed by atoms with Crippen molar-refractivity contribution in [1.82, 2.24) is 4.90 Å². The van der Waals surface area contributed by atoms with Crippen molar-refractivity contribution < 1.29 is 0 Å². The molecule has 0 aromatic rings. The minimum atomic E-state index is -2.22. The van der Waals surface area contributed by atoms with Gasteiger partial charge in [-0.3, -0.25) is 4.90 Å². The summed E-state index contributed by atoms with van der Waals surface area (Å²) in [6.45, 7) is 7.17. The van der Waals surface area contributed by atoms with Crippen LogP contribution in [-0.4, -0.2) is 22.5 Å². The monoisotopic (exact) mass is 268 g/mol. The molecule has 102 valence electrons. The molecule has 0 heterocycles. The Bertz CT molecular complexity index is 513. The first-order valence-corrected chi connectivity index (χ1v) is 6.12. The summed E-state index contributed by atoms with van der Waals surface area (Å²) in [4.78, 5) is 1.59. The third kappa shape index (κ3) is 2.41. The largest absolute Gasteiger partial charge is 0.277 e. The fraction of sp³-hybridized carbons (Fsp3) is 0.643. The van der Waals surface area contributed by atoms with Crippen molar-refractivity contribution in [2.24, 2.45) is 5.41 Å². The molecule has 0 aliphatic carbocycles. The molecule has 20 heavy (non-hydrogen) atoms. The van der Waals surface area contributed by atoms with Gasteiger partial charge in [0, 0.05) is 12.1 Å². The first-order chi connectivity index (χ1) is 9.32. The van der Waals surface area contributed by atoms with Crippen molar-refractivity contribution in [2.75, 3.05) is 0 Å². The zero-order valence-electron chi connectivity index (χ0n) is 12.0. The highest BCUT2D eigenvalue weighted by Gasteiger charge is 2.59. The highest BCUT2D eigenvalue weighted by atomic mass is 15.3. The molecule has 0 aliphatic heterocycles. The van der Waals surface area contributed by atoms with E-state index in [1.165, 1.54) is 0 Å². The summed E-state index contributed by atoms with van der Waals surface area (Å²) >= 11 is 0. The Morgan fingerprint density at radius 1 is 0.800 bits per heavy atom. The second-order valence-corrected chi connectivity index (χ2v) is 4.99. The molecule has 0 aliphatic rings. The van der Waals surface area contributed by atoms with Gasteiger partial charge in [-0.05, 0) is 27.7 Å². The fourth-order valence-corrected chi connectivity index (χ4v) is 2.54. The first kappa shape index (κ1) is 17.4. The molecule has 6 heteroatoms. The van der Waals surface area contributed by atoms with E-state index in [9.17, 15) is 21.0 Å². The molecule has 0 bridgehead atoms. The van der Waals surface area contributed by atoms with Crippen LogP contribution in [0.25, 0.3) is 0 Å². The molecule has 0 fully saturated rings. The Balaban J connectivity index is 6.53. The fourth-order valence-electron chi connectivity index (χ4n) is 2.54. The minimum absolute atomic E-state index is 0.211. The first-order valence-electron chi connectivity index (χ1n) is 6.12. The van der Waals surface area contributed by atoms with Crippen LogP contribution in [0.2, 0.25) is 0 Å². The summed E-state index contributed by atoms with van der Waals surface area (Å²) in [6.07, 6.45) is -0.394. The van der Waals surface area contributed by atoms with Gasteiger partial charge in [-0.15, -0.1) is 0 Å². The van der Waals surface area contributed by atoms with Crippen molar-refractivity contribution in [2.45, 2.75) is 51.7 Å². The smallest absolute Gasteiger partial charge is 0.260 e. The van der Waals surface area contributed by atoms with Gasteiger partial charge in [0.2, 0.25) is 0 Å². The van der Waals surface area contributed by atoms with Crippen LogP contribution in [0.4, 0.5) is 0 Å². The van der Waals surface area contributed by atoms with Gasteiger partial charge < -0.3 is 0 Å². The highest BCUT2D eigenvalue weighted by Crippen LogP contribution is 2.40. The molecule has 0 saturated heterocycles. The molecule has 0 radical (unpaired) electrons. The van der Waals surface area contributed by atoms with E-state index in [4.69, 9.17) is 5.26 Å². The Kier molecular flexibility index (Phi) is 5.69. The number of hydrogen-bond donors (Lipinski definition) is 0. The van der Waals surface area contributed by atoms with Crippen molar-refractivity contribution >= 4 is 0 Å². The van der Waals surface area contributed by atoms with Crippen molar-refractivity contribution in [3.63, 3.8) is 0 Å². The van der Waals surface area contributed by atoms with E-state index in [0.29, 0.717) is 0 Å². The lowest BCUT2D eigenvalue weighted by atomic mass is 9.69. The Hall–Kier alpha value is -2.59. The van der Waals surface area contributed by atoms with Gasteiger partial charge in [0.15, 0.2) is 5.54 Å². The maximum absolute atomic E-state index is 9.61. The van der Waals surface area contributed by atoms with E-state index >= 15 is 0 Å². The molecule has 0 aromatic heterocycles. The summed E-state index contributed by atoms with van der Waals surface area (Å²) in [6, 6.07) is 8.26. The van der Waals surface area contributed by atoms with E-state index in [1.54, 1.807) is 50.8 Å². The van der Waals surface area contributed by atoms with Crippen molar-refractivity contribution in [1.29, 1.82) is 26.3 Å². The van der Waals surface area contributed by atoms with Crippen LogP contribution in [0.5, 0.6) is 0 Å². The van der Waals surface area contributed by atoms with Crippen LogP contribution in [0, 0.1) is 62.1 Å². The summed E-state index contributed by atoms with van der Waals surface area (Å²) in [5, 5.41) is 46.5. The number of rotatable bonds is 5. The van der Waals surface area contributed by atoms with Gasteiger partial charge in [0.1, 0.15) is 18.2 Å². The van der Waals surface area contributed by atoms with Crippen LogP contribution in [0.1, 0.15) is 34.1 Å². The van der Waals surface area contributed by atoms with Crippen LogP contribution < -0.4 is 0 Å². The number of nitrogens with zero attached hydrogens (tertiary/aromatic N) is 6. The van der Waals surface area contributed by atoms with E-state index in [0.717, 1.165) is 0 Å². The van der Waals surface area contributed by atoms with E-state index < -0.39 is 17.4 Å². The average molecular weight is 268 g/mol. The lowest BCUT2D eigenvalue weighted by Gasteiger charge is -2.45. The van der Waals surface area contributed by atoms with E-state index in [-0.39, 0.29) is 12.1 Å². The third-order valence-electron chi connectivity index (χ3n) is 3.20. The normalized spacial score (nSPS) is 13.7. The molecule has 0 rings (SSSR count). The Labute approximate surface area is 119 Å². The third-order valence-corrected chi connectivity index (χ3v) is 3.20. The summed E-state index contributed by atoms with van der Waals surface area (Å²) in [5.74, 6) is 0. The van der Waals surface area contributed by atoms with Crippen LogP contribution in [-0.2, 0) is 0 Å². The Morgan fingerprint density at radius 2 is 1.20 bits per heavy atom. The van der Waals surface area contributed by atoms with Crippen LogP contribution >= 0.6 is 0 Å². The van der Waals surface area contributed by atoms with Crippen molar-refractivity contribution in [3.8, 4) is 30.3 Å². The SMILES string of the molecule is CC(C)N(C(C)C)C(C#N)(CC#N)C(C#N)(C#N)C#N. The van der Waals surface area contributed by atoms with Gasteiger partial charge in [-0.1, -0.05) is 0 Å². The zero-order chi connectivity index (χ0) is 16.0. The molecular formula is C14H16N6. The molecule has 1 atom stereocenters. The summed E-state index contributed by atoms with van der Waals surface area (Å²) < 4.78 is 0. The molecule has 6 nitrogen and oxygen atoms in total. The summed E-state index contributed by atoms with van der Waals surface area (Å²) in [7, 11) is 0. The molecule has 0 aromatic carbocycles. The topological polar surface area (TPSA) is 122 Å². The number of nitriles is 5. The van der Waals surface area contributed by atoms with Crippen LogP contribution in [0.15, 0.2) is 0 Å². The van der Waals surface area contributed by atoms with Gasteiger partial charge in [-0.25, -0.2) is 0 Å². The lowest BCUT2D eigenvalue weighted by Crippen LogP contribution is -2.62. The Morgan fingerprint density at radius 3 is 1.40 bits per heavy atom. The van der Waals surface area contributed by atoms with Crippen LogP contribution in [0.3, 0.4) is 0 Å². The second kappa shape index (κ2) is 6.54. The van der Waals surface area contributed by atoms with Gasteiger partial charge in [-0.2, -0.15) is 26.3 Å². The standard InChI is InChI=1S/C14H16N6/c1-11(2)20(12(3)4)14(10-19,5-6-15)13(7-16,8-17)9-18/h11-12H,5H2,1-4H3. The lowest BCUT2D eigenvalue weighted by molar-refractivity contribution is 0.0340. The molecule has 0 saturated carbocycles. The molecule has 0 spiro atoms. The highest BCUT2D eigenvalue weighted by molar-refractivity contribution is 5.42. The minimum Gasteiger partial charge on any atom is -0.277 e. The predicted molar refractivity (Wildman–Crippen MR) is 70.0 cm³/mol. The second-order valence-electron chi connectivity index (χ2n) is 4.99. The number of hydrogen-bond acceptors (Lipinski definition) is 6. The van der Waals surface area contributed by atoms with E-state index in [1.807, 2.05) is 12.1 Å². The average Bonchev–Trinajstić information content (AvgIpc) is 2.40. The van der Waals surface area contributed by atoms with Gasteiger partial charge >= 0.3 is 0 Å². The maximum atomic E-state index is 9.61.